The number of hydrogen-bond donors (Lipinski definition) is 0. The average Bonchev–Trinajstić information content (AvgIpc) is 1.94. The summed E-state index contributed by atoms with van der Waals surface area (Å²) < 4.78 is 0. The first kappa shape index (κ1) is 7.61. The molecule has 0 spiro atoms. The van der Waals surface area contributed by atoms with Crippen LogP contribution in [0.3, 0.4) is 0 Å². The first-order valence-electron chi connectivity index (χ1n) is 3.41. The number of carbonyl (C=O) groups excluding carboxylic acids is 1. The number of amides is 1. The van der Waals surface area contributed by atoms with Gasteiger partial charge in [-0.05, 0) is 12.8 Å². The molecule has 1 heterocycles. The van der Waals surface area contributed by atoms with Crippen LogP contribution in [-0.2, 0) is 4.79 Å². The molecule has 0 aromatic heterocycles. The van der Waals surface area contributed by atoms with E-state index in [2.05, 4.69) is 0 Å². The van der Waals surface area contributed by atoms with E-state index in [4.69, 9.17) is 11.6 Å². The zero-order valence-electron chi connectivity index (χ0n) is 5.72. The second-order valence-electron chi connectivity index (χ2n) is 2.32. The van der Waals surface area contributed by atoms with Crippen molar-refractivity contribution in [3.05, 3.63) is 11.7 Å². The molecule has 1 saturated heterocycles. The fourth-order valence-electron chi connectivity index (χ4n) is 1.05. The molecule has 1 aliphatic rings. The number of piperidine rings is 1. The van der Waals surface area contributed by atoms with Gasteiger partial charge in [-0.25, -0.2) is 0 Å². The Bertz CT molecular complexity index is 156. The van der Waals surface area contributed by atoms with Gasteiger partial charge in [0, 0.05) is 24.7 Å². The average molecular weight is 160 g/mol. The van der Waals surface area contributed by atoms with E-state index < -0.39 is 0 Å². The topological polar surface area (TPSA) is 20.3 Å². The summed E-state index contributed by atoms with van der Waals surface area (Å²) in [5, 5.41) is 0. The minimum Gasteiger partial charge on any atom is -0.318 e. The van der Waals surface area contributed by atoms with Gasteiger partial charge in [0.25, 0.3) is 0 Å². The molecule has 2 nitrogen and oxygen atoms in total. The third-order valence-electron chi connectivity index (χ3n) is 1.60. The number of nitrogens with zero attached hydrogens (tertiary/aromatic N) is 1. The smallest absolute Gasteiger partial charge is 0.226 e. The van der Waals surface area contributed by atoms with Gasteiger partial charge < -0.3 is 4.90 Å². The number of carbonyl (C=O) groups is 1. The lowest BCUT2D eigenvalue weighted by atomic mass is 10.1. The molecule has 0 radical (unpaired) electrons. The largest absolute Gasteiger partial charge is 0.318 e. The van der Waals surface area contributed by atoms with Crippen molar-refractivity contribution in [2.24, 2.45) is 0 Å². The van der Waals surface area contributed by atoms with Crippen LogP contribution < -0.4 is 0 Å². The van der Waals surface area contributed by atoms with Gasteiger partial charge in [-0.2, -0.15) is 0 Å². The van der Waals surface area contributed by atoms with Gasteiger partial charge in [0.2, 0.25) is 5.91 Å². The van der Waals surface area contributed by atoms with Gasteiger partial charge in [-0.15, -0.1) is 0 Å². The van der Waals surface area contributed by atoms with Gasteiger partial charge in [-0.3, -0.25) is 4.79 Å². The standard InChI is InChI=1S/C7H10ClNO/c8-4-6-9-5-2-1-3-7(9)10/h4,6H,1-3,5H2/b6-4+. The minimum absolute atomic E-state index is 0.183. The molecule has 1 aliphatic heterocycles. The van der Waals surface area contributed by atoms with Crippen LogP contribution in [0.2, 0.25) is 0 Å². The van der Waals surface area contributed by atoms with Crippen LogP contribution in [0, 0.1) is 0 Å². The summed E-state index contributed by atoms with van der Waals surface area (Å²) in [5.74, 6) is 0.183. The molecule has 0 unspecified atom stereocenters. The first-order valence-corrected chi connectivity index (χ1v) is 3.84. The molecule has 0 N–H and O–H groups in total. The number of hydrogen-bond acceptors (Lipinski definition) is 1. The molecule has 1 fully saturated rings. The Morgan fingerprint density at radius 1 is 1.50 bits per heavy atom. The van der Waals surface area contributed by atoms with Crippen molar-refractivity contribution in [3.63, 3.8) is 0 Å². The lowest BCUT2D eigenvalue weighted by molar-refractivity contribution is -0.130. The fourth-order valence-corrected chi connectivity index (χ4v) is 1.19. The van der Waals surface area contributed by atoms with Gasteiger partial charge in [0.15, 0.2) is 0 Å². The highest BCUT2D eigenvalue weighted by Gasteiger charge is 2.14. The summed E-state index contributed by atoms with van der Waals surface area (Å²) >= 11 is 5.33. The summed E-state index contributed by atoms with van der Waals surface area (Å²) in [5.41, 5.74) is 1.38. The molecule has 1 amide bonds. The maximum atomic E-state index is 11.0. The van der Waals surface area contributed by atoms with Crippen LogP contribution in [0.4, 0.5) is 0 Å². The zero-order chi connectivity index (χ0) is 7.40. The monoisotopic (exact) mass is 159 g/mol. The van der Waals surface area contributed by atoms with Crippen LogP contribution >= 0.6 is 11.6 Å². The van der Waals surface area contributed by atoms with E-state index in [9.17, 15) is 4.79 Å². The number of halogens is 1. The van der Waals surface area contributed by atoms with Crippen molar-refractivity contribution in [3.8, 4) is 0 Å². The molecular weight excluding hydrogens is 150 g/mol. The Hall–Kier alpha value is -0.500. The SMILES string of the molecule is O=C1CCCCN1/C=C/Cl. The molecule has 0 aromatic rings. The van der Waals surface area contributed by atoms with Crippen molar-refractivity contribution in [1.29, 1.82) is 0 Å². The van der Waals surface area contributed by atoms with Gasteiger partial charge in [0.05, 0.1) is 0 Å². The summed E-state index contributed by atoms with van der Waals surface area (Å²) in [4.78, 5) is 12.7. The van der Waals surface area contributed by atoms with Gasteiger partial charge >= 0.3 is 0 Å². The molecule has 0 saturated carbocycles. The maximum Gasteiger partial charge on any atom is 0.226 e. The Morgan fingerprint density at radius 2 is 2.30 bits per heavy atom. The van der Waals surface area contributed by atoms with Gasteiger partial charge in [-0.1, -0.05) is 11.6 Å². The highest BCUT2D eigenvalue weighted by atomic mass is 35.5. The molecule has 1 rings (SSSR count). The van der Waals surface area contributed by atoms with Crippen molar-refractivity contribution in [2.75, 3.05) is 6.54 Å². The normalized spacial score (nSPS) is 20.5. The van der Waals surface area contributed by atoms with Crippen LogP contribution in [0.5, 0.6) is 0 Å². The van der Waals surface area contributed by atoms with Gasteiger partial charge in [0.1, 0.15) is 0 Å². The lowest BCUT2D eigenvalue weighted by Crippen LogP contribution is -2.30. The summed E-state index contributed by atoms with van der Waals surface area (Å²) in [6.45, 7) is 0.821. The van der Waals surface area contributed by atoms with E-state index in [1.807, 2.05) is 0 Å². The van der Waals surface area contributed by atoms with Crippen LogP contribution in [-0.4, -0.2) is 17.4 Å². The summed E-state index contributed by atoms with van der Waals surface area (Å²) in [7, 11) is 0. The minimum atomic E-state index is 0.183. The Balaban J connectivity index is 2.48. The van der Waals surface area contributed by atoms with E-state index in [0.717, 1.165) is 19.4 Å². The van der Waals surface area contributed by atoms with E-state index >= 15 is 0 Å². The van der Waals surface area contributed by atoms with Crippen molar-refractivity contribution < 1.29 is 4.79 Å². The predicted octanol–water partition coefficient (Wildman–Crippen LogP) is 1.71. The van der Waals surface area contributed by atoms with E-state index in [1.54, 1.807) is 11.1 Å². The van der Waals surface area contributed by atoms with Crippen molar-refractivity contribution in [1.82, 2.24) is 4.90 Å². The zero-order valence-corrected chi connectivity index (χ0v) is 6.47. The van der Waals surface area contributed by atoms with Crippen LogP contribution in [0.25, 0.3) is 0 Å². The molecule has 10 heavy (non-hydrogen) atoms. The van der Waals surface area contributed by atoms with Crippen molar-refractivity contribution >= 4 is 17.5 Å². The lowest BCUT2D eigenvalue weighted by Gasteiger charge is -2.22. The van der Waals surface area contributed by atoms with E-state index in [0.29, 0.717) is 6.42 Å². The summed E-state index contributed by atoms with van der Waals surface area (Å²) in [6, 6.07) is 0. The van der Waals surface area contributed by atoms with E-state index in [1.165, 1.54) is 5.54 Å². The fraction of sp³-hybridized carbons (Fsp3) is 0.571. The molecule has 56 valence electrons. The Labute approximate surface area is 65.5 Å². The second-order valence-corrected chi connectivity index (χ2v) is 2.57. The quantitative estimate of drug-likeness (QED) is 0.571. The summed E-state index contributed by atoms with van der Waals surface area (Å²) in [6.07, 6.45) is 4.41. The predicted molar refractivity (Wildman–Crippen MR) is 40.6 cm³/mol. The highest BCUT2D eigenvalue weighted by molar-refractivity contribution is 6.25. The molecule has 0 atom stereocenters. The molecular formula is C7H10ClNO. The third-order valence-corrected chi connectivity index (χ3v) is 1.71. The molecule has 3 heteroatoms. The molecule has 0 aliphatic carbocycles. The van der Waals surface area contributed by atoms with E-state index in [-0.39, 0.29) is 5.91 Å². The molecule has 0 aromatic carbocycles. The van der Waals surface area contributed by atoms with Crippen molar-refractivity contribution in [2.45, 2.75) is 19.3 Å². The Kier molecular flexibility index (Phi) is 2.75. The second kappa shape index (κ2) is 3.62. The molecule has 0 bridgehead atoms. The third kappa shape index (κ3) is 1.74. The maximum absolute atomic E-state index is 11.0. The van der Waals surface area contributed by atoms with Crippen LogP contribution in [0.1, 0.15) is 19.3 Å². The number of likely N-dealkylation sites (tertiary alicyclic amines) is 1. The highest BCUT2D eigenvalue weighted by Crippen LogP contribution is 2.10. The van der Waals surface area contributed by atoms with Crippen LogP contribution in [0.15, 0.2) is 11.7 Å². The number of rotatable bonds is 1. The Morgan fingerprint density at radius 3 is 2.90 bits per heavy atom. The first-order chi connectivity index (χ1) is 4.84.